The van der Waals surface area contributed by atoms with Gasteiger partial charge in [-0.15, -0.1) is 0 Å². The predicted octanol–water partition coefficient (Wildman–Crippen LogP) is 1.09. The van der Waals surface area contributed by atoms with Crippen molar-refractivity contribution < 1.29 is 19.4 Å². The zero-order chi connectivity index (χ0) is 13.9. The van der Waals surface area contributed by atoms with Crippen molar-refractivity contribution in [2.45, 2.75) is 51.0 Å². The number of imide groups is 1. The summed E-state index contributed by atoms with van der Waals surface area (Å²) in [4.78, 5) is 26.0. The van der Waals surface area contributed by atoms with Crippen LogP contribution in [-0.4, -0.2) is 48.2 Å². The normalized spacial score (nSPS) is 24.2. The molecule has 1 heterocycles. The molecule has 1 atom stereocenters. The second-order valence-electron chi connectivity index (χ2n) is 5.84. The van der Waals surface area contributed by atoms with Crippen molar-refractivity contribution in [1.82, 2.24) is 4.90 Å². The molecule has 0 aromatic rings. The number of aliphatic hydroxyl groups is 1. The molecule has 0 radical (unpaired) electrons. The fourth-order valence-corrected chi connectivity index (χ4v) is 3.53. The van der Waals surface area contributed by atoms with Gasteiger partial charge in [-0.3, -0.25) is 14.5 Å². The van der Waals surface area contributed by atoms with Crippen LogP contribution in [0.15, 0.2) is 0 Å². The topological polar surface area (TPSA) is 66.8 Å². The molecule has 0 bridgehead atoms. The average Bonchev–Trinajstić information content (AvgIpc) is 2.76. The van der Waals surface area contributed by atoms with Gasteiger partial charge in [0.2, 0.25) is 11.8 Å². The highest BCUT2D eigenvalue weighted by molar-refractivity contribution is 5.99. The minimum Gasteiger partial charge on any atom is -0.396 e. The van der Waals surface area contributed by atoms with E-state index in [4.69, 9.17) is 9.84 Å². The number of carbonyl (C=O) groups excluding carboxylic acids is 2. The molecule has 1 N–H and O–H groups in total. The van der Waals surface area contributed by atoms with Crippen LogP contribution >= 0.6 is 0 Å². The van der Waals surface area contributed by atoms with Crippen molar-refractivity contribution in [3.8, 4) is 0 Å². The van der Waals surface area contributed by atoms with Crippen molar-refractivity contribution in [1.29, 1.82) is 0 Å². The van der Waals surface area contributed by atoms with Crippen LogP contribution in [0.2, 0.25) is 0 Å². The molecule has 1 saturated carbocycles. The highest BCUT2D eigenvalue weighted by Gasteiger charge is 2.46. The summed E-state index contributed by atoms with van der Waals surface area (Å²) in [6, 6.07) is -0.325. The molecule has 0 aromatic carbocycles. The largest absolute Gasteiger partial charge is 0.396 e. The van der Waals surface area contributed by atoms with Gasteiger partial charge < -0.3 is 9.84 Å². The van der Waals surface area contributed by atoms with Crippen molar-refractivity contribution in [3.05, 3.63) is 0 Å². The van der Waals surface area contributed by atoms with Crippen LogP contribution in [0.3, 0.4) is 0 Å². The van der Waals surface area contributed by atoms with Crippen molar-refractivity contribution in [2.24, 2.45) is 5.41 Å². The number of rotatable bonds is 5. The maximum absolute atomic E-state index is 12.3. The van der Waals surface area contributed by atoms with E-state index >= 15 is 0 Å². The molecule has 1 spiro atoms. The van der Waals surface area contributed by atoms with Crippen molar-refractivity contribution >= 4 is 11.8 Å². The van der Waals surface area contributed by atoms with E-state index in [0.29, 0.717) is 25.9 Å². The lowest BCUT2D eigenvalue weighted by Gasteiger charge is -2.40. The number of likely N-dealkylation sites (tertiary alicyclic amines) is 1. The third kappa shape index (κ3) is 2.98. The SMILES string of the molecule is COCC(CCO)N1C(=O)CC2(CCCC2)CC1=O. The first-order valence-corrected chi connectivity index (χ1v) is 7.06. The van der Waals surface area contributed by atoms with E-state index in [1.807, 2.05) is 0 Å². The number of nitrogens with zero attached hydrogens (tertiary/aromatic N) is 1. The fraction of sp³-hybridized carbons (Fsp3) is 0.857. The molecular weight excluding hydrogens is 246 g/mol. The molecule has 2 rings (SSSR count). The molecule has 0 aromatic heterocycles. The van der Waals surface area contributed by atoms with Gasteiger partial charge >= 0.3 is 0 Å². The Balaban J connectivity index is 2.09. The van der Waals surface area contributed by atoms with Crippen LogP contribution in [0, 0.1) is 5.41 Å². The molecule has 5 nitrogen and oxygen atoms in total. The Kier molecular flexibility index (Phi) is 4.58. The molecule has 2 amide bonds. The number of hydrogen-bond acceptors (Lipinski definition) is 4. The van der Waals surface area contributed by atoms with Gasteiger partial charge in [0.05, 0.1) is 12.6 Å². The Bertz CT molecular complexity index is 323. The van der Waals surface area contributed by atoms with E-state index in [1.165, 1.54) is 4.90 Å². The first kappa shape index (κ1) is 14.5. The summed E-state index contributed by atoms with van der Waals surface area (Å²) in [5, 5.41) is 9.07. The van der Waals surface area contributed by atoms with E-state index in [0.717, 1.165) is 25.7 Å². The van der Waals surface area contributed by atoms with Crippen LogP contribution in [0.1, 0.15) is 44.9 Å². The monoisotopic (exact) mass is 269 g/mol. The maximum atomic E-state index is 12.3. The minimum atomic E-state index is -0.325. The number of hydrogen-bond donors (Lipinski definition) is 1. The number of methoxy groups -OCH3 is 1. The number of carbonyl (C=O) groups is 2. The van der Waals surface area contributed by atoms with Gasteiger partial charge in [0.1, 0.15) is 0 Å². The molecule has 2 fully saturated rings. The summed E-state index contributed by atoms with van der Waals surface area (Å²) in [5.41, 5.74) is -0.0680. The predicted molar refractivity (Wildman–Crippen MR) is 69.4 cm³/mol. The van der Waals surface area contributed by atoms with Gasteiger partial charge in [-0.1, -0.05) is 12.8 Å². The molecule has 108 valence electrons. The number of piperidine rings is 1. The second-order valence-corrected chi connectivity index (χ2v) is 5.84. The number of amides is 2. The maximum Gasteiger partial charge on any atom is 0.230 e. The summed E-state index contributed by atoms with van der Waals surface area (Å²) in [6.45, 7) is 0.251. The highest BCUT2D eigenvalue weighted by atomic mass is 16.5. The molecule has 19 heavy (non-hydrogen) atoms. The van der Waals surface area contributed by atoms with Crippen LogP contribution in [0.25, 0.3) is 0 Å². The van der Waals surface area contributed by atoms with E-state index < -0.39 is 0 Å². The summed E-state index contributed by atoms with van der Waals surface area (Å²) >= 11 is 0. The van der Waals surface area contributed by atoms with Crippen LogP contribution in [-0.2, 0) is 14.3 Å². The lowest BCUT2D eigenvalue weighted by atomic mass is 9.76. The molecule has 1 saturated heterocycles. The van der Waals surface area contributed by atoms with Gasteiger partial charge in [-0.2, -0.15) is 0 Å². The molecule has 1 aliphatic heterocycles. The third-order valence-corrected chi connectivity index (χ3v) is 4.44. The summed E-state index contributed by atoms with van der Waals surface area (Å²) in [5.74, 6) is -0.178. The molecule has 1 unspecified atom stereocenters. The lowest BCUT2D eigenvalue weighted by molar-refractivity contribution is -0.158. The lowest BCUT2D eigenvalue weighted by Crippen LogP contribution is -2.53. The van der Waals surface area contributed by atoms with E-state index in [9.17, 15) is 9.59 Å². The Hall–Kier alpha value is -0.940. The Morgan fingerprint density at radius 3 is 2.32 bits per heavy atom. The van der Waals surface area contributed by atoms with Gasteiger partial charge in [0.25, 0.3) is 0 Å². The summed E-state index contributed by atoms with van der Waals surface area (Å²) in [6.07, 6.45) is 5.57. The molecule has 2 aliphatic rings. The second kappa shape index (κ2) is 6.01. The van der Waals surface area contributed by atoms with Crippen LogP contribution in [0.5, 0.6) is 0 Å². The first-order valence-electron chi connectivity index (χ1n) is 7.06. The minimum absolute atomic E-state index is 0.0454. The third-order valence-electron chi connectivity index (χ3n) is 4.44. The Morgan fingerprint density at radius 2 is 1.84 bits per heavy atom. The highest BCUT2D eigenvalue weighted by Crippen LogP contribution is 2.47. The molecule has 1 aliphatic carbocycles. The zero-order valence-corrected chi connectivity index (χ0v) is 11.6. The van der Waals surface area contributed by atoms with Crippen LogP contribution in [0.4, 0.5) is 0 Å². The number of aliphatic hydroxyl groups excluding tert-OH is 1. The molecule has 5 heteroatoms. The zero-order valence-electron chi connectivity index (χ0n) is 11.6. The van der Waals surface area contributed by atoms with Crippen molar-refractivity contribution in [3.63, 3.8) is 0 Å². The van der Waals surface area contributed by atoms with Crippen molar-refractivity contribution in [2.75, 3.05) is 20.3 Å². The fourth-order valence-electron chi connectivity index (χ4n) is 3.53. The van der Waals surface area contributed by atoms with Crippen LogP contribution < -0.4 is 0 Å². The summed E-state index contributed by atoms with van der Waals surface area (Å²) in [7, 11) is 1.54. The molecular formula is C14H23NO4. The number of ether oxygens (including phenoxy) is 1. The Morgan fingerprint density at radius 1 is 1.26 bits per heavy atom. The van der Waals surface area contributed by atoms with E-state index in [2.05, 4.69) is 0 Å². The van der Waals surface area contributed by atoms with Gasteiger partial charge in [-0.05, 0) is 24.7 Å². The standard InChI is InChI=1S/C14H23NO4/c1-19-10-11(4-7-16)15-12(17)8-14(9-13(15)18)5-2-3-6-14/h11,16H,2-10H2,1H3. The smallest absolute Gasteiger partial charge is 0.230 e. The summed E-state index contributed by atoms with van der Waals surface area (Å²) < 4.78 is 5.07. The first-order chi connectivity index (χ1) is 9.12. The van der Waals surface area contributed by atoms with Gasteiger partial charge in [0, 0.05) is 26.6 Å². The quantitative estimate of drug-likeness (QED) is 0.759. The van der Waals surface area contributed by atoms with E-state index in [-0.39, 0.29) is 29.9 Å². The van der Waals surface area contributed by atoms with Gasteiger partial charge in [-0.25, -0.2) is 0 Å². The Labute approximate surface area is 113 Å². The van der Waals surface area contributed by atoms with E-state index in [1.54, 1.807) is 7.11 Å². The van der Waals surface area contributed by atoms with Gasteiger partial charge in [0.15, 0.2) is 0 Å². The average molecular weight is 269 g/mol.